The van der Waals surface area contributed by atoms with E-state index < -0.39 is 0 Å². The summed E-state index contributed by atoms with van der Waals surface area (Å²) in [6.45, 7) is 0.841. The highest BCUT2D eigenvalue weighted by Crippen LogP contribution is 2.22. The van der Waals surface area contributed by atoms with E-state index >= 15 is 0 Å². The number of rotatable bonds is 4. The smallest absolute Gasteiger partial charge is 0.224 e. The number of carbonyl (C=O) groups excluding carboxylic acids is 1. The molecule has 98 valence electrons. The summed E-state index contributed by atoms with van der Waals surface area (Å²) in [4.78, 5) is 11.8. The molecule has 1 amide bonds. The molecule has 0 aromatic heterocycles. The van der Waals surface area contributed by atoms with Crippen LogP contribution in [0.3, 0.4) is 0 Å². The molecule has 1 aliphatic rings. The predicted octanol–water partition coefficient (Wildman–Crippen LogP) is 2.51. The molecule has 1 aromatic rings. The van der Waals surface area contributed by atoms with Gasteiger partial charge in [0.25, 0.3) is 0 Å². The minimum atomic E-state index is 0.116. The number of nitrogens with two attached hydrogens (primary N) is 1. The van der Waals surface area contributed by atoms with Gasteiger partial charge in [-0.05, 0) is 36.5 Å². The summed E-state index contributed by atoms with van der Waals surface area (Å²) >= 11 is 0. The minimum Gasteiger partial charge on any atom is -0.399 e. The molecule has 3 nitrogen and oxygen atoms in total. The van der Waals surface area contributed by atoms with Crippen LogP contribution >= 0.6 is 0 Å². The number of nitrogens with one attached hydrogen (secondary N) is 1. The van der Waals surface area contributed by atoms with Crippen molar-refractivity contribution in [3.63, 3.8) is 0 Å². The van der Waals surface area contributed by atoms with Gasteiger partial charge in [0.15, 0.2) is 0 Å². The molecule has 0 aliphatic heterocycles. The van der Waals surface area contributed by atoms with Crippen LogP contribution in [-0.4, -0.2) is 12.5 Å². The summed E-state index contributed by atoms with van der Waals surface area (Å²) in [6.07, 6.45) is 6.98. The molecule has 0 unspecified atom stereocenters. The van der Waals surface area contributed by atoms with Crippen LogP contribution in [0.5, 0.6) is 0 Å². The van der Waals surface area contributed by atoms with E-state index in [-0.39, 0.29) is 5.91 Å². The fourth-order valence-electron chi connectivity index (χ4n) is 2.53. The fraction of sp³-hybridized carbons (Fsp3) is 0.533. The Kier molecular flexibility index (Phi) is 4.62. The van der Waals surface area contributed by atoms with E-state index in [0.717, 1.165) is 17.8 Å². The minimum absolute atomic E-state index is 0.116. The molecule has 1 saturated carbocycles. The third-order valence-corrected chi connectivity index (χ3v) is 3.66. The van der Waals surface area contributed by atoms with Gasteiger partial charge in [-0.25, -0.2) is 0 Å². The summed E-state index contributed by atoms with van der Waals surface area (Å²) < 4.78 is 0. The van der Waals surface area contributed by atoms with Gasteiger partial charge in [0.05, 0.1) is 6.42 Å². The third kappa shape index (κ3) is 4.06. The number of benzene rings is 1. The van der Waals surface area contributed by atoms with Crippen LogP contribution in [0.15, 0.2) is 24.3 Å². The number of amides is 1. The van der Waals surface area contributed by atoms with Gasteiger partial charge in [-0.2, -0.15) is 0 Å². The Hall–Kier alpha value is -1.51. The van der Waals surface area contributed by atoms with Crippen molar-refractivity contribution in [1.82, 2.24) is 5.32 Å². The lowest BCUT2D eigenvalue weighted by Crippen LogP contribution is -2.31. The quantitative estimate of drug-likeness (QED) is 0.802. The highest BCUT2D eigenvalue weighted by Gasteiger charge is 2.14. The monoisotopic (exact) mass is 246 g/mol. The zero-order valence-corrected chi connectivity index (χ0v) is 10.8. The van der Waals surface area contributed by atoms with E-state index in [1.807, 2.05) is 24.3 Å². The average molecular weight is 246 g/mol. The first-order valence-corrected chi connectivity index (χ1v) is 6.85. The van der Waals surface area contributed by atoms with Gasteiger partial charge in [-0.1, -0.05) is 31.4 Å². The molecule has 0 heterocycles. The van der Waals surface area contributed by atoms with Crippen molar-refractivity contribution in [1.29, 1.82) is 0 Å². The maximum atomic E-state index is 11.8. The second kappa shape index (κ2) is 6.43. The highest BCUT2D eigenvalue weighted by atomic mass is 16.1. The van der Waals surface area contributed by atoms with Crippen molar-refractivity contribution >= 4 is 11.6 Å². The lowest BCUT2D eigenvalue weighted by molar-refractivity contribution is -0.120. The molecule has 1 aromatic carbocycles. The molecule has 3 heteroatoms. The highest BCUT2D eigenvalue weighted by molar-refractivity contribution is 5.78. The molecular weight excluding hydrogens is 224 g/mol. The first-order chi connectivity index (χ1) is 8.74. The van der Waals surface area contributed by atoms with Gasteiger partial charge in [0.1, 0.15) is 0 Å². The lowest BCUT2D eigenvalue weighted by atomic mass is 9.89. The average Bonchev–Trinajstić information content (AvgIpc) is 2.40. The van der Waals surface area contributed by atoms with E-state index in [2.05, 4.69) is 5.32 Å². The summed E-state index contributed by atoms with van der Waals surface area (Å²) in [5, 5.41) is 3.05. The van der Waals surface area contributed by atoms with Crippen LogP contribution in [0.2, 0.25) is 0 Å². The Morgan fingerprint density at radius 3 is 2.50 bits per heavy atom. The van der Waals surface area contributed by atoms with Crippen molar-refractivity contribution in [2.24, 2.45) is 5.92 Å². The SMILES string of the molecule is Nc1ccc(CC(=O)NCC2CCCCC2)cc1. The predicted molar refractivity (Wildman–Crippen MR) is 74.1 cm³/mol. The Morgan fingerprint density at radius 2 is 1.83 bits per heavy atom. The molecule has 3 N–H and O–H groups in total. The summed E-state index contributed by atoms with van der Waals surface area (Å²) in [5.74, 6) is 0.805. The molecule has 0 atom stereocenters. The van der Waals surface area contributed by atoms with E-state index in [0.29, 0.717) is 12.3 Å². The molecule has 18 heavy (non-hydrogen) atoms. The van der Waals surface area contributed by atoms with Crippen LogP contribution in [0.25, 0.3) is 0 Å². The Bertz CT molecular complexity index is 380. The van der Waals surface area contributed by atoms with Crippen molar-refractivity contribution in [3.8, 4) is 0 Å². The van der Waals surface area contributed by atoms with Gasteiger partial charge in [-0.3, -0.25) is 4.79 Å². The maximum Gasteiger partial charge on any atom is 0.224 e. The fourth-order valence-corrected chi connectivity index (χ4v) is 2.53. The van der Waals surface area contributed by atoms with Gasteiger partial charge in [0.2, 0.25) is 5.91 Å². The Labute approximate surface area is 109 Å². The van der Waals surface area contributed by atoms with Gasteiger partial charge in [0, 0.05) is 12.2 Å². The van der Waals surface area contributed by atoms with Crippen LogP contribution in [-0.2, 0) is 11.2 Å². The number of nitrogen functional groups attached to an aromatic ring is 1. The van der Waals surface area contributed by atoms with Crippen molar-refractivity contribution in [2.45, 2.75) is 38.5 Å². The first kappa shape index (κ1) is 12.9. The van der Waals surface area contributed by atoms with E-state index in [9.17, 15) is 4.79 Å². The standard InChI is InChI=1S/C15H22N2O/c16-14-8-6-12(7-9-14)10-15(18)17-11-13-4-2-1-3-5-13/h6-9,13H,1-5,10-11,16H2,(H,17,18). The van der Waals surface area contributed by atoms with Crippen molar-refractivity contribution in [2.75, 3.05) is 12.3 Å². The van der Waals surface area contributed by atoms with Gasteiger partial charge in [-0.15, -0.1) is 0 Å². The maximum absolute atomic E-state index is 11.8. The Balaban J connectivity index is 1.73. The lowest BCUT2D eigenvalue weighted by Gasteiger charge is -2.21. The number of anilines is 1. The molecule has 1 fully saturated rings. The largest absolute Gasteiger partial charge is 0.399 e. The first-order valence-electron chi connectivity index (χ1n) is 6.85. The van der Waals surface area contributed by atoms with Crippen LogP contribution < -0.4 is 11.1 Å². The van der Waals surface area contributed by atoms with Crippen molar-refractivity contribution in [3.05, 3.63) is 29.8 Å². The molecule has 0 saturated heterocycles. The van der Waals surface area contributed by atoms with E-state index in [4.69, 9.17) is 5.73 Å². The summed E-state index contributed by atoms with van der Waals surface area (Å²) in [6, 6.07) is 7.50. The summed E-state index contributed by atoms with van der Waals surface area (Å²) in [5.41, 5.74) is 7.37. The zero-order valence-electron chi connectivity index (χ0n) is 10.8. The second-order valence-electron chi connectivity index (χ2n) is 5.23. The second-order valence-corrected chi connectivity index (χ2v) is 5.23. The molecule has 1 aliphatic carbocycles. The molecule has 0 radical (unpaired) electrons. The normalized spacial score (nSPS) is 16.4. The molecule has 0 spiro atoms. The van der Waals surface area contributed by atoms with E-state index in [1.165, 1.54) is 32.1 Å². The van der Waals surface area contributed by atoms with Gasteiger partial charge < -0.3 is 11.1 Å². The summed E-state index contributed by atoms with van der Waals surface area (Å²) in [7, 11) is 0. The third-order valence-electron chi connectivity index (χ3n) is 3.66. The van der Waals surface area contributed by atoms with Crippen LogP contribution in [0.1, 0.15) is 37.7 Å². The van der Waals surface area contributed by atoms with E-state index in [1.54, 1.807) is 0 Å². The zero-order chi connectivity index (χ0) is 12.8. The number of hydrogen-bond donors (Lipinski definition) is 2. The number of carbonyl (C=O) groups is 1. The van der Waals surface area contributed by atoms with Crippen molar-refractivity contribution < 1.29 is 4.79 Å². The number of hydrogen-bond acceptors (Lipinski definition) is 2. The molecule has 2 rings (SSSR count). The topological polar surface area (TPSA) is 55.1 Å². The van der Waals surface area contributed by atoms with Gasteiger partial charge >= 0.3 is 0 Å². The van der Waals surface area contributed by atoms with Crippen LogP contribution in [0.4, 0.5) is 5.69 Å². The van der Waals surface area contributed by atoms with Crippen LogP contribution in [0, 0.1) is 5.92 Å². The molecular formula is C15H22N2O. The Morgan fingerprint density at radius 1 is 1.17 bits per heavy atom. The molecule has 0 bridgehead atoms.